The van der Waals surface area contributed by atoms with Gasteiger partial charge in [0.2, 0.25) is 5.91 Å². The smallest absolute Gasteiger partial charge is 0.223 e. The second-order valence-electron chi connectivity index (χ2n) is 4.95. The molecule has 114 valence electrons. The van der Waals surface area contributed by atoms with Crippen LogP contribution in [0.3, 0.4) is 0 Å². The molecule has 2 heterocycles. The third kappa shape index (κ3) is 4.29. The van der Waals surface area contributed by atoms with Crippen molar-refractivity contribution in [2.45, 2.75) is 32.7 Å². The lowest BCUT2D eigenvalue weighted by Gasteiger charge is -2.21. The Morgan fingerprint density at radius 2 is 2.33 bits per heavy atom. The van der Waals surface area contributed by atoms with Crippen molar-refractivity contribution >= 4 is 22.4 Å². The predicted octanol–water partition coefficient (Wildman–Crippen LogP) is 1.83. The number of carbonyl (C=O) groups excluding carboxylic acids is 1. The normalized spacial score (nSPS) is 10.8. The highest BCUT2D eigenvalue weighted by Gasteiger charge is 2.15. The van der Waals surface area contributed by atoms with Crippen molar-refractivity contribution in [3.63, 3.8) is 0 Å². The summed E-state index contributed by atoms with van der Waals surface area (Å²) in [5.74, 6) is 1.03. The fraction of sp³-hybridized carbons (Fsp3) is 0.500. The van der Waals surface area contributed by atoms with Gasteiger partial charge >= 0.3 is 0 Å². The highest BCUT2D eigenvalue weighted by molar-refractivity contribution is 7.13. The second kappa shape index (κ2) is 7.21. The molecule has 2 aromatic rings. The van der Waals surface area contributed by atoms with Gasteiger partial charge in [0.25, 0.3) is 0 Å². The molecule has 21 heavy (non-hydrogen) atoms. The Balaban J connectivity index is 1.93. The van der Waals surface area contributed by atoms with Crippen molar-refractivity contribution in [1.29, 1.82) is 0 Å². The highest BCUT2D eigenvalue weighted by atomic mass is 32.1. The maximum atomic E-state index is 12.4. The van der Waals surface area contributed by atoms with E-state index in [2.05, 4.69) is 16.9 Å². The van der Waals surface area contributed by atoms with E-state index < -0.39 is 0 Å². The molecule has 0 atom stereocenters. The van der Waals surface area contributed by atoms with E-state index in [0.717, 1.165) is 24.5 Å². The van der Waals surface area contributed by atoms with Crippen LogP contribution >= 0.6 is 11.3 Å². The molecule has 0 aromatic carbocycles. The van der Waals surface area contributed by atoms with Gasteiger partial charge < -0.3 is 15.2 Å². The fourth-order valence-corrected chi connectivity index (χ4v) is 2.71. The van der Waals surface area contributed by atoms with Gasteiger partial charge in [-0.05, 0) is 12.8 Å². The molecule has 2 N–H and O–H groups in total. The summed E-state index contributed by atoms with van der Waals surface area (Å²) in [7, 11) is 1.94. The number of hydrogen-bond donors (Lipinski definition) is 1. The Labute approximate surface area is 128 Å². The van der Waals surface area contributed by atoms with Crippen molar-refractivity contribution in [3.8, 4) is 0 Å². The van der Waals surface area contributed by atoms with Crippen molar-refractivity contribution in [3.05, 3.63) is 29.3 Å². The van der Waals surface area contributed by atoms with Crippen LogP contribution < -0.4 is 5.73 Å². The van der Waals surface area contributed by atoms with E-state index in [-0.39, 0.29) is 5.91 Å². The number of aromatic nitrogens is 3. The molecule has 0 aliphatic carbocycles. The number of thiazole rings is 1. The maximum absolute atomic E-state index is 12.4. The van der Waals surface area contributed by atoms with Crippen LogP contribution in [-0.4, -0.2) is 31.9 Å². The fourth-order valence-electron chi connectivity index (χ4n) is 2.11. The molecule has 2 aromatic heterocycles. The van der Waals surface area contributed by atoms with Gasteiger partial charge in [-0.25, -0.2) is 9.97 Å². The molecule has 0 saturated carbocycles. The van der Waals surface area contributed by atoms with E-state index in [0.29, 0.717) is 24.5 Å². The molecule has 7 heteroatoms. The lowest BCUT2D eigenvalue weighted by atomic mass is 10.2. The van der Waals surface area contributed by atoms with Crippen LogP contribution in [0, 0.1) is 0 Å². The van der Waals surface area contributed by atoms with E-state index in [1.165, 1.54) is 11.3 Å². The molecule has 6 nitrogen and oxygen atoms in total. The molecule has 2 rings (SSSR count). The zero-order valence-corrected chi connectivity index (χ0v) is 13.3. The summed E-state index contributed by atoms with van der Waals surface area (Å²) in [6.07, 6.45) is 5.66. The summed E-state index contributed by atoms with van der Waals surface area (Å²) in [4.78, 5) is 22.7. The number of amides is 1. The summed E-state index contributed by atoms with van der Waals surface area (Å²) in [5.41, 5.74) is 6.49. The number of aryl methyl sites for hydroxylation is 2. The molecule has 0 saturated heterocycles. The topological polar surface area (TPSA) is 77.0 Å². The standard InChI is InChI=1S/C14H21N5OS/c1-3-7-19(9-12-16-6-8-18(12)2)13(20)5-4-11-10-21-14(15)17-11/h6,8,10H,3-5,7,9H2,1-2H3,(H2,15,17). The minimum absolute atomic E-state index is 0.131. The number of imidazole rings is 1. The number of hydrogen-bond acceptors (Lipinski definition) is 5. The number of rotatable bonds is 7. The maximum Gasteiger partial charge on any atom is 0.223 e. The van der Waals surface area contributed by atoms with E-state index in [1.807, 2.05) is 28.1 Å². The van der Waals surface area contributed by atoms with Crippen molar-refractivity contribution in [1.82, 2.24) is 19.4 Å². The van der Waals surface area contributed by atoms with Crippen molar-refractivity contribution in [2.75, 3.05) is 12.3 Å². The number of nitrogens with zero attached hydrogens (tertiary/aromatic N) is 4. The van der Waals surface area contributed by atoms with Crippen LogP contribution in [0.2, 0.25) is 0 Å². The van der Waals surface area contributed by atoms with Crippen LogP contribution in [0.1, 0.15) is 31.3 Å². The predicted molar refractivity (Wildman–Crippen MR) is 83.8 cm³/mol. The van der Waals surface area contributed by atoms with Crippen LogP contribution in [0.25, 0.3) is 0 Å². The first-order valence-corrected chi connectivity index (χ1v) is 7.92. The SMILES string of the molecule is CCCN(Cc1nccn1C)C(=O)CCc1csc(N)n1. The minimum atomic E-state index is 0.131. The largest absolute Gasteiger partial charge is 0.375 e. The first-order valence-electron chi connectivity index (χ1n) is 7.04. The lowest BCUT2D eigenvalue weighted by Crippen LogP contribution is -2.32. The molecule has 0 aliphatic heterocycles. The van der Waals surface area contributed by atoms with Gasteiger partial charge in [-0.2, -0.15) is 0 Å². The molecular weight excluding hydrogens is 286 g/mol. The van der Waals surface area contributed by atoms with E-state index in [9.17, 15) is 4.79 Å². The molecule has 0 radical (unpaired) electrons. The van der Waals surface area contributed by atoms with E-state index in [1.54, 1.807) is 6.20 Å². The van der Waals surface area contributed by atoms with Crippen LogP contribution in [-0.2, 0) is 24.8 Å². The minimum Gasteiger partial charge on any atom is -0.375 e. The third-order valence-corrected chi connectivity index (χ3v) is 3.99. The monoisotopic (exact) mass is 307 g/mol. The van der Waals surface area contributed by atoms with Crippen LogP contribution in [0.5, 0.6) is 0 Å². The molecular formula is C14H21N5OS. The van der Waals surface area contributed by atoms with Gasteiger partial charge in [0.15, 0.2) is 5.13 Å². The first kappa shape index (κ1) is 15.5. The summed E-state index contributed by atoms with van der Waals surface area (Å²) in [6.45, 7) is 3.36. The molecule has 0 unspecified atom stereocenters. The Morgan fingerprint density at radius 3 is 2.90 bits per heavy atom. The summed E-state index contributed by atoms with van der Waals surface area (Å²) in [6, 6.07) is 0. The zero-order chi connectivity index (χ0) is 15.2. The van der Waals surface area contributed by atoms with Gasteiger partial charge in [0.05, 0.1) is 12.2 Å². The number of nitrogens with two attached hydrogens (primary N) is 1. The second-order valence-corrected chi connectivity index (χ2v) is 5.84. The van der Waals surface area contributed by atoms with Crippen LogP contribution in [0.4, 0.5) is 5.13 Å². The lowest BCUT2D eigenvalue weighted by molar-refractivity contribution is -0.132. The molecule has 0 bridgehead atoms. The Hall–Kier alpha value is -1.89. The Bertz CT molecular complexity index is 592. The van der Waals surface area contributed by atoms with Crippen LogP contribution in [0.15, 0.2) is 17.8 Å². The highest BCUT2D eigenvalue weighted by Crippen LogP contribution is 2.13. The van der Waals surface area contributed by atoms with Gasteiger partial charge in [-0.3, -0.25) is 4.79 Å². The number of carbonyl (C=O) groups is 1. The molecule has 0 spiro atoms. The van der Waals surface area contributed by atoms with Gasteiger partial charge in [-0.1, -0.05) is 6.92 Å². The van der Waals surface area contributed by atoms with Gasteiger partial charge in [0, 0.05) is 37.8 Å². The van der Waals surface area contributed by atoms with Crippen molar-refractivity contribution in [2.24, 2.45) is 7.05 Å². The molecule has 0 aliphatic rings. The number of nitrogen functional groups attached to an aromatic ring is 1. The summed E-state index contributed by atoms with van der Waals surface area (Å²) in [5, 5.41) is 2.46. The third-order valence-electron chi connectivity index (χ3n) is 3.26. The Kier molecular flexibility index (Phi) is 5.32. The number of anilines is 1. The average Bonchev–Trinajstić information content (AvgIpc) is 3.05. The van der Waals surface area contributed by atoms with E-state index >= 15 is 0 Å². The average molecular weight is 307 g/mol. The quantitative estimate of drug-likeness (QED) is 0.846. The summed E-state index contributed by atoms with van der Waals surface area (Å²) < 4.78 is 1.94. The van der Waals surface area contributed by atoms with Gasteiger partial charge in [-0.15, -0.1) is 11.3 Å². The van der Waals surface area contributed by atoms with Crippen molar-refractivity contribution < 1.29 is 4.79 Å². The first-order chi connectivity index (χ1) is 10.1. The molecule has 0 fully saturated rings. The summed E-state index contributed by atoms with van der Waals surface area (Å²) >= 11 is 1.41. The Morgan fingerprint density at radius 1 is 1.52 bits per heavy atom. The van der Waals surface area contributed by atoms with E-state index in [4.69, 9.17) is 5.73 Å². The molecule has 1 amide bonds. The van der Waals surface area contributed by atoms with Gasteiger partial charge in [0.1, 0.15) is 5.82 Å². The zero-order valence-electron chi connectivity index (χ0n) is 12.5.